The average Bonchev–Trinajstić information content (AvgIpc) is 3.48. The van der Waals surface area contributed by atoms with Gasteiger partial charge in [-0.1, -0.05) is 152 Å². The van der Waals surface area contributed by atoms with Crippen molar-refractivity contribution in [1.29, 1.82) is 0 Å². The SMILES string of the molecule is O=C(c1ccccc1)C(C(=O)c1ccccc1)[C@H]1O[C@H](COCc2ccccc2)[C@@H](OCc2ccccc2)[C@H]1OCc1ccccc1. The monoisotopic (exact) mass is 626 g/mol. The number of ether oxygens (including phenoxy) is 4. The normalized spacial score (nSPS) is 19.1. The van der Waals surface area contributed by atoms with Crippen LogP contribution in [0.4, 0.5) is 0 Å². The summed E-state index contributed by atoms with van der Waals surface area (Å²) in [7, 11) is 0. The molecule has 47 heavy (non-hydrogen) atoms. The van der Waals surface area contributed by atoms with E-state index in [1.165, 1.54) is 0 Å². The fourth-order valence-corrected chi connectivity index (χ4v) is 5.93. The van der Waals surface area contributed by atoms with Gasteiger partial charge in [-0.2, -0.15) is 0 Å². The van der Waals surface area contributed by atoms with Crippen LogP contribution < -0.4 is 0 Å². The molecule has 5 aromatic rings. The lowest BCUT2D eigenvalue weighted by Crippen LogP contribution is -2.45. The number of hydrogen-bond donors (Lipinski definition) is 0. The van der Waals surface area contributed by atoms with Gasteiger partial charge in [0.1, 0.15) is 30.3 Å². The molecule has 0 aromatic heterocycles. The smallest absolute Gasteiger partial charge is 0.176 e. The molecule has 6 heteroatoms. The summed E-state index contributed by atoms with van der Waals surface area (Å²) in [6.45, 7) is 1.11. The van der Waals surface area contributed by atoms with Gasteiger partial charge in [0, 0.05) is 11.1 Å². The standard InChI is InChI=1S/C41H38O6/c42-37(33-22-12-4-13-23-33)36(38(43)34-24-14-5-15-25-34)40-41(46-28-32-20-10-3-11-21-32)39(45-27-31-18-8-2-9-19-31)35(47-40)29-44-26-30-16-6-1-7-17-30/h1-25,35-36,39-41H,26-29H2/t35-,39-,40-,41-/m1/s1. The number of benzene rings is 5. The summed E-state index contributed by atoms with van der Waals surface area (Å²) in [6.07, 6.45) is -2.93. The highest BCUT2D eigenvalue weighted by atomic mass is 16.6. The number of rotatable bonds is 15. The highest BCUT2D eigenvalue weighted by molar-refractivity contribution is 6.16. The van der Waals surface area contributed by atoms with Gasteiger partial charge in [-0.15, -0.1) is 0 Å². The van der Waals surface area contributed by atoms with E-state index in [1.807, 2.05) is 103 Å². The highest BCUT2D eigenvalue weighted by Crippen LogP contribution is 2.36. The predicted molar refractivity (Wildman–Crippen MR) is 180 cm³/mol. The number of carbonyl (C=O) groups is 2. The summed E-state index contributed by atoms with van der Waals surface area (Å²) in [5.41, 5.74) is 3.82. The van der Waals surface area contributed by atoms with E-state index in [0.717, 1.165) is 16.7 Å². The van der Waals surface area contributed by atoms with Crippen LogP contribution >= 0.6 is 0 Å². The zero-order valence-electron chi connectivity index (χ0n) is 26.1. The highest BCUT2D eigenvalue weighted by Gasteiger charge is 2.53. The maximum Gasteiger partial charge on any atom is 0.176 e. The quantitative estimate of drug-likeness (QED) is 0.0884. The summed E-state index contributed by atoms with van der Waals surface area (Å²) in [6, 6.07) is 47.4. The minimum absolute atomic E-state index is 0.182. The fourth-order valence-electron chi connectivity index (χ4n) is 5.93. The maximum atomic E-state index is 14.3. The van der Waals surface area contributed by atoms with Crippen molar-refractivity contribution in [3.63, 3.8) is 0 Å². The topological polar surface area (TPSA) is 71.1 Å². The van der Waals surface area contributed by atoms with Gasteiger partial charge in [0.15, 0.2) is 11.6 Å². The van der Waals surface area contributed by atoms with Crippen molar-refractivity contribution in [2.75, 3.05) is 6.61 Å². The third-order valence-corrected chi connectivity index (χ3v) is 8.32. The van der Waals surface area contributed by atoms with Crippen LogP contribution in [-0.2, 0) is 38.8 Å². The third-order valence-electron chi connectivity index (χ3n) is 8.32. The molecule has 1 aliphatic rings. The minimum Gasteiger partial charge on any atom is -0.374 e. The Labute approximate surface area is 275 Å². The second-order valence-corrected chi connectivity index (χ2v) is 11.6. The molecule has 0 N–H and O–H groups in total. The summed E-state index contributed by atoms with van der Waals surface area (Å²) < 4.78 is 26.2. The molecule has 0 unspecified atom stereocenters. The molecule has 1 saturated heterocycles. The van der Waals surface area contributed by atoms with Gasteiger partial charge in [-0.25, -0.2) is 0 Å². The van der Waals surface area contributed by atoms with Gasteiger partial charge in [-0.3, -0.25) is 9.59 Å². The molecule has 4 atom stereocenters. The molecule has 1 aliphatic heterocycles. The number of hydrogen-bond acceptors (Lipinski definition) is 6. The van der Waals surface area contributed by atoms with Crippen molar-refractivity contribution in [3.8, 4) is 0 Å². The Morgan fingerprint density at radius 1 is 0.511 bits per heavy atom. The maximum absolute atomic E-state index is 14.3. The van der Waals surface area contributed by atoms with Gasteiger partial charge >= 0.3 is 0 Å². The van der Waals surface area contributed by atoms with Crippen LogP contribution in [0.5, 0.6) is 0 Å². The summed E-state index contributed by atoms with van der Waals surface area (Å²) in [5.74, 6) is -1.83. The zero-order valence-corrected chi connectivity index (χ0v) is 26.1. The molecule has 1 heterocycles. The Kier molecular flexibility index (Phi) is 11.1. The van der Waals surface area contributed by atoms with Crippen LogP contribution in [0, 0.1) is 5.92 Å². The molecule has 0 radical (unpaired) electrons. The first-order valence-electron chi connectivity index (χ1n) is 15.9. The molecule has 1 fully saturated rings. The molecule has 238 valence electrons. The Morgan fingerprint density at radius 3 is 1.34 bits per heavy atom. The van der Waals surface area contributed by atoms with Crippen LogP contribution in [0.3, 0.4) is 0 Å². The van der Waals surface area contributed by atoms with Crippen LogP contribution in [0.25, 0.3) is 0 Å². The van der Waals surface area contributed by atoms with E-state index in [0.29, 0.717) is 24.3 Å². The first-order valence-corrected chi connectivity index (χ1v) is 15.9. The fraction of sp³-hybridized carbons (Fsp3) is 0.220. The van der Waals surface area contributed by atoms with Crippen LogP contribution in [0.1, 0.15) is 37.4 Å². The lowest BCUT2D eigenvalue weighted by atomic mass is 9.83. The van der Waals surface area contributed by atoms with E-state index in [-0.39, 0.29) is 24.8 Å². The number of carbonyl (C=O) groups excluding carboxylic acids is 2. The van der Waals surface area contributed by atoms with Crippen LogP contribution in [0.15, 0.2) is 152 Å². The molecule has 0 saturated carbocycles. The van der Waals surface area contributed by atoms with Crippen molar-refractivity contribution in [1.82, 2.24) is 0 Å². The molecule has 0 amide bonds. The van der Waals surface area contributed by atoms with Gasteiger partial charge in [0.2, 0.25) is 0 Å². The molecule has 0 aliphatic carbocycles. The lowest BCUT2D eigenvalue weighted by Gasteiger charge is -2.28. The molecule has 6 nitrogen and oxygen atoms in total. The zero-order chi connectivity index (χ0) is 32.3. The third kappa shape index (κ3) is 8.36. The van der Waals surface area contributed by atoms with Gasteiger partial charge in [0.25, 0.3) is 0 Å². The van der Waals surface area contributed by atoms with E-state index in [4.69, 9.17) is 18.9 Å². The molecular formula is C41H38O6. The van der Waals surface area contributed by atoms with Gasteiger partial charge < -0.3 is 18.9 Å². The van der Waals surface area contributed by atoms with E-state index in [9.17, 15) is 9.59 Å². The number of Topliss-reactive ketones (excluding diaryl/α,β-unsaturated/α-hetero) is 2. The van der Waals surface area contributed by atoms with Crippen molar-refractivity contribution in [3.05, 3.63) is 179 Å². The van der Waals surface area contributed by atoms with Crippen molar-refractivity contribution < 1.29 is 28.5 Å². The summed E-state index contributed by atoms with van der Waals surface area (Å²) >= 11 is 0. The van der Waals surface area contributed by atoms with Crippen LogP contribution in [-0.4, -0.2) is 42.6 Å². The molecule has 0 bridgehead atoms. The first-order chi connectivity index (χ1) is 23.2. The van der Waals surface area contributed by atoms with E-state index in [2.05, 4.69) is 0 Å². The molecular weight excluding hydrogens is 588 g/mol. The Bertz CT molecular complexity index is 1630. The van der Waals surface area contributed by atoms with Gasteiger partial charge in [0.05, 0.1) is 26.4 Å². The van der Waals surface area contributed by atoms with Gasteiger partial charge in [-0.05, 0) is 16.7 Å². The van der Waals surface area contributed by atoms with Crippen molar-refractivity contribution in [2.45, 2.75) is 44.2 Å². The molecule has 0 spiro atoms. The van der Waals surface area contributed by atoms with Crippen molar-refractivity contribution in [2.24, 2.45) is 5.92 Å². The summed E-state index contributed by atoms with van der Waals surface area (Å²) in [4.78, 5) is 28.7. The van der Waals surface area contributed by atoms with E-state index < -0.39 is 30.3 Å². The lowest BCUT2D eigenvalue weighted by molar-refractivity contribution is -0.0900. The van der Waals surface area contributed by atoms with Crippen molar-refractivity contribution >= 4 is 11.6 Å². The van der Waals surface area contributed by atoms with E-state index in [1.54, 1.807) is 48.5 Å². The second-order valence-electron chi connectivity index (χ2n) is 11.6. The minimum atomic E-state index is -1.18. The Hall–Kier alpha value is -4.72. The Morgan fingerprint density at radius 2 is 0.894 bits per heavy atom. The van der Waals surface area contributed by atoms with E-state index >= 15 is 0 Å². The second kappa shape index (κ2) is 16.2. The molecule has 5 aromatic carbocycles. The predicted octanol–water partition coefficient (Wildman–Crippen LogP) is 7.52. The first kappa shape index (κ1) is 32.2. The molecule has 6 rings (SSSR count). The number of ketones is 2. The largest absolute Gasteiger partial charge is 0.374 e. The summed E-state index contributed by atoms with van der Waals surface area (Å²) in [5, 5.41) is 0. The van der Waals surface area contributed by atoms with Crippen LogP contribution in [0.2, 0.25) is 0 Å². The Balaban J connectivity index is 1.36. The average molecular weight is 627 g/mol.